The molecule has 98 valence electrons. The Morgan fingerprint density at radius 1 is 1.11 bits per heavy atom. The Morgan fingerprint density at radius 3 is 2.58 bits per heavy atom. The van der Waals surface area contributed by atoms with E-state index in [2.05, 4.69) is 0 Å². The zero-order valence-corrected chi connectivity index (χ0v) is 10.8. The van der Waals surface area contributed by atoms with E-state index in [4.69, 9.17) is 15.2 Å². The Hall–Kier alpha value is -2.49. The van der Waals surface area contributed by atoms with E-state index in [0.29, 0.717) is 11.3 Å². The van der Waals surface area contributed by atoms with Gasteiger partial charge in [-0.3, -0.25) is 0 Å². The zero-order chi connectivity index (χ0) is 13.8. The molecule has 0 fully saturated rings. The molecular weight excluding hydrogens is 242 g/mol. The van der Waals surface area contributed by atoms with Crippen LogP contribution >= 0.6 is 0 Å². The van der Waals surface area contributed by atoms with Crippen LogP contribution in [-0.4, -0.2) is 20.2 Å². The fraction of sp³-hybridized carbons (Fsp3) is 0.133. The van der Waals surface area contributed by atoms with Crippen LogP contribution in [0, 0.1) is 0 Å². The molecule has 0 aliphatic carbocycles. The quantitative estimate of drug-likeness (QED) is 0.678. The zero-order valence-electron chi connectivity index (χ0n) is 10.8. The second-order valence-electron chi connectivity index (χ2n) is 4.03. The first-order chi connectivity index (χ1) is 9.15. The first-order valence-corrected chi connectivity index (χ1v) is 5.78. The molecule has 0 heterocycles. The molecule has 0 aromatic heterocycles. The number of nitrogen functional groups attached to an aromatic ring is 1. The van der Waals surface area contributed by atoms with Crippen molar-refractivity contribution >= 4 is 11.7 Å². The average molecular weight is 257 g/mol. The van der Waals surface area contributed by atoms with Crippen LogP contribution in [0.2, 0.25) is 0 Å². The van der Waals surface area contributed by atoms with E-state index in [1.54, 1.807) is 25.3 Å². The van der Waals surface area contributed by atoms with Crippen LogP contribution in [-0.2, 0) is 4.74 Å². The first-order valence-electron chi connectivity index (χ1n) is 5.78. The van der Waals surface area contributed by atoms with Gasteiger partial charge in [-0.05, 0) is 41.5 Å². The number of methoxy groups -OCH3 is 2. The molecule has 2 rings (SSSR count). The van der Waals surface area contributed by atoms with Crippen molar-refractivity contribution in [3.05, 3.63) is 48.0 Å². The van der Waals surface area contributed by atoms with Gasteiger partial charge in [-0.2, -0.15) is 0 Å². The van der Waals surface area contributed by atoms with E-state index in [9.17, 15) is 4.79 Å². The molecular formula is C15H15NO3. The van der Waals surface area contributed by atoms with Gasteiger partial charge >= 0.3 is 5.97 Å². The second kappa shape index (κ2) is 5.44. The molecule has 0 aliphatic heterocycles. The molecule has 0 spiro atoms. The predicted octanol–water partition coefficient (Wildman–Crippen LogP) is 2.73. The minimum absolute atomic E-state index is 0.391. The monoisotopic (exact) mass is 257 g/mol. The van der Waals surface area contributed by atoms with Crippen molar-refractivity contribution in [2.75, 3.05) is 20.0 Å². The van der Waals surface area contributed by atoms with Crippen molar-refractivity contribution in [3.8, 4) is 16.9 Å². The molecule has 0 atom stereocenters. The third-order valence-electron chi connectivity index (χ3n) is 2.83. The maximum Gasteiger partial charge on any atom is 0.338 e. The molecule has 0 unspecified atom stereocenters. The standard InChI is InChI=1S/C15H15NO3/c1-18-12-5-3-4-10(8-12)14-9-11(16)6-7-13(14)15(17)19-2/h3-9H,16H2,1-2H3. The average Bonchev–Trinajstić information content (AvgIpc) is 2.46. The van der Waals surface area contributed by atoms with Crippen molar-refractivity contribution in [1.29, 1.82) is 0 Å². The summed E-state index contributed by atoms with van der Waals surface area (Å²) < 4.78 is 9.97. The molecule has 2 aromatic rings. The Labute approximate surface area is 111 Å². The molecule has 0 aliphatic rings. The molecule has 0 radical (unpaired) electrons. The molecule has 2 N–H and O–H groups in total. The fourth-order valence-electron chi connectivity index (χ4n) is 1.88. The van der Waals surface area contributed by atoms with E-state index >= 15 is 0 Å². The highest BCUT2D eigenvalue weighted by Crippen LogP contribution is 2.29. The summed E-state index contributed by atoms with van der Waals surface area (Å²) in [6, 6.07) is 12.5. The molecule has 0 bridgehead atoms. The van der Waals surface area contributed by atoms with E-state index in [0.717, 1.165) is 16.9 Å². The molecule has 2 aromatic carbocycles. The Morgan fingerprint density at radius 2 is 1.89 bits per heavy atom. The third kappa shape index (κ3) is 2.68. The van der Waals surface area contributed by atoms with Gasteiger partial charge in [-0.1, -0.05) is 12.1 Å². The summed E-state index contributed by atoms with van der Waals surface area (Å²) in [4.78, 5) is 11.8. The minimum Gasteiger partial charge on any atom is -0.497 e. The number of esters is 1. The lowest BCUT2D eigenvalue weighted by Gasteiger charge is -2.10. The summed E-state index contributed by atoms with van der Waals surface area (Å²) in [6.45, 7) is 0. The molecule has 4 nitrogen and oxygen atoms in total. The van der Waals surface area contributed by atoms with E-state index < -0.39 is 5.97 Å². The number of hydrogen-bond acceptors (Lipinski definition) is 4. The summed E-state index contributed by atoms with van der Waals surface area (Å²) in [6.07, 6.45) is 0. The summed E-state index contributed by atoms with van der Waals surface area (Å²) >= 11 is 0. The highest BCUT2D eigenvalue weighted by atomic mass is 16.5. The maximum atomic E-state index is 11.8. The van der Waals surface area contributed by atoms with Crippen LogP contribution in [0.25, 0.3) is 11.1 Å². The Bertz CT molecular complexity index is 608. The number of rotatable bonds is 3. The second-order valence-corrected chi connectivity index (χ2v) is 4.03. The number of nitrogens with two attached hydrogens (primary N) is 1. The van der Waals surface area contributed by atoms with Crippen molar-refractivity contribution in [3.63, 3.8) is 0 Å². The Kier molecular flexibility index (Phi) is 3.71. The predicted molar refractivity (Wildman–Crippen MR) is 74.2 cm³/mol. The van der Waals surface area contributed by atoms with Crippen LogP contribution in [0.1, 0.15) is 10.4 Å². The first kappa shape index (κ1) is 13.0. The smallest absolute Gasteiger partial charge is 0.338 e. The van der Waals surface area contributed by atoms with Gasteiger partial charge in [0.1, 0.15) is 5.75 Å². The van der Waals surface area contributed by atoms with Gasteiger partial charge in [-0.25, -0.2) is 4.79 Å². The van der Waals surface area contributed by atoms with Gasteiger partial charge in [0.25, 0.3) is 0 Å². The largest absolute Gasteiger partial charge is 0.497 e. The molecule has 4 heteroatoms. The molecule has 0 saturated heterocycles. The van der Waals surface area contributed by atoms with Gasteiger partial charge in [0.2, 0.25) is 0 Å². The topological polar surface area (TPSA) is 61.5 Å². The normalized spacial score (nSPS) is 10.0. The lowest BCUT2D eigenvalue weighted by atomic mass is 9.99. The lowest BCUT2D eigenvalue weighted by molar-refractivity contribution is 0.0601. The van der Waals surface area contributed by atoms with Gasteiger partial charge in [0, 0.05) is 5.69 Å². The minimum atomic E-state index is -0.391. The van der Waals surface area contributed by atoms with Crippen molar-refractivity contribution < 1.29 is 14.3 Å². The number of carbonyl (C=O) groups is 1. The summed E-state index contributed by atoms with van der Waals surface area (Å²) in [5.74, 6) is 0.327. The fourth-order valence-corrected chi connectivity index (χ4v) is 1.88. The number of benzene rings is 2. The Balaban J connectivity index is 2.59. The van der Waals surface area contributed by atoms with Gasteiger partial charge < -0.3 is 15.2 Å². The van der Waals surface area contributed by atoms with E-state index in [1.807, 2.05) is 24.3 Å². The number of ether oxygens (including phenoxy) is 2. The van der Waals surface area contributed by atoms with Crippen molar-refractivity contribution in [2.24, 2.45) is 0 Å². The molecule has 19 heavy (non-hydrogen) atoms. The van der Waals surface area contributed by atoms with Gasteiger partial charge in [0.15, 0.2) is 0 Å². The third-order valence-corrected chi connectivity index (χ3v) is 2.83. The summed E-state index contributed by atoms with van der Waals surface area (Å²) in [5.41, 5.74) is 8.44. The maximum absolute atomic E-state index is 11.8. The van der Waals surface area contributed by atoms with E-state index in [1.165, 1.54) is 7.11 Å². The number of anilines is 1. The van der Waals surface area contributed by atoms with Gasteiger partial charge in [-0.15, -0.1) is 0 Å². The van der Waals surface area contributed by atoms with Crippen LogP contribution in [0.4, 0.5) is 5.69 Å². The summed E-state index contributed by atoms with van der Waals surface area (Å²) in [7, 11) is 2.95. The SMILES string of the molecule is COC(=O)c1ccc(N)cc1-c1cccc(OC)c1. The van der Waals surface area contributed by atoms with Crippen molar-refractivity contribution in [2.45, 2.75) is 0 Å². The highest BCUT2D eigenvalue weighted by Gasteiger charge is 2.13. The van der Waals surface area contributed by atoms with Crippen molar-refractivity contribution in [1.82, 2.24) is 0 Å². The lowest BCUT2D eigenvalue weighted by Crippen LogP contribution is -2.04. The van der Waals surface area contributed by atoms with Crippen LogP contribution in [0.3, 0.4) is 0 Å². The van der Waals surface area contributed by atoms with Crippen LogP contribution in [0.5, 0.6) is 5.75 Å². The van der Waals surface area contributed by atoms with Crippen LogP contribution in [0.15, 0.2) is 42.5 Å². The summed E-state index contributed by atoms with van der Waals surface area (Å²) in [5, 5.41) is 0. The molecule has 0 amide bonds. The highest BCUT2D eigenvalue weighted by molar-refractivity contribution is 5.98. The van der Waals surface area contributed by atoms with Crippen LogP contribution < -0.4 is 10.5 Å². The van der Waals surface area contributed by atoms with Gasteiger partial charge in [0.05, 0.1) is 19.8 Å². The van der Waals surface area contributed by atoms with E-state index in [-0.39, 0.29) is 0 Å². The molecule has 0 saturated carbocycles. The number of carbonyl (C=O) groups excluding carboxylic acids is 1. The number of hydrogen-bond donors (Lipinski definition) is 1.